The van der Waals surface area contributed by atoms with E-state index >= 15 is 0 Å². The van der Waals surface area contributed by atoms with Gasteiger partial charge in [-0.2, -0.15) is 18.3 Å². The zero-order chi connectivity index (χ0) is 24.7. The molecule has 1 unspecified atom stereocenters. The second-order valence-corrected chi connectivity index (χ2v) is 9.75. The molecule has 0 aliphatic carbocycles. The molecular formula is C23H19F3N4O3S. The first-order chi connectivity index (χ1) is 15.9. The second-order valence-electron chi connectivity index (χ2n) is 7.74. The standard InChI is InChI=1S/C23H19F3N4O3S/c1-30-21-19(13-28-30)18(11-20(29-21)15-6-8-17(9-7-15)34(2,32)33)22(31)27-12-14-4-3-5-16(10-14)23(24,25)26/h3-11,13H,12H2,1-2H3,(H-,27,31,32,33). The monoisotopic (exact) mass is 488 g/mol. The number of aryl methyl sites for hydroxylation is 1. The van der Waals surface area contributed by atoms with Crippen molar-refractivity contribution in [1.82, 2.24) is 20.1 Å². The predicted octanol–water partition coefficient (Wildman–Crippen LogP) is 4.20. The number of halogens is 3. The van der Waals surface area contributed by atoms with Gasteiger partial charge in [0.2, 0.25) is 0 Å². The molecule has 0 bridgehead atoms. The largest absolute Gasteiger partial charge is 0.610 e. The van der Waals surface area contributed by atoms with Gasteiger partial charge in [-0.1, -0.05) is 12.1 Å². The smallest absolute Gasteiger partial charge is 0.416 e. The minimum atomic E-state index is -4.48. The number of sulfone groups is 1. The van der Waals surface area contributed by atoms with Gasteiger partial charge >= 0.3 is 6.18 Å². The average molecular weight is 488 g/mol. The molecule has 176 valence electrons. The Labute approximate surface area is 193 Å². The van der Waals surface area contributed by atoms with Crippen LogP contribution in [0.1, 0.15) is 21.5 Å². The maximum absolute atomic E-state index is 13.0. The SMILES string of the molecule is Cn1ncc2c(C(=O)NCc3cccc(C(F)(F)F)c3)cc(-c3ccc([S+](C)(=O)[O-])cc3)nc21. The molecule has 0 saturated heterocycles. The highest BCUT2D eigenvalue weighted by Gasteiger charge is 2.30. The van der Waals surface area contributed by atoms with Crippen molar-refractivity contribution >= 4 is 27.2 Å². The van der Waals surface area contributed by atoms with E-state index in [1.165, 1.54) is 35.1 Å². The van der Waals surface area contributed by atoms with Gasteiger partial charge < -0.3 is 9.87 Å². The fourth-order valence-corrected chi connectivity index (χ4v) is 4.09. The van der Waals surface area contributed by atoms with Gasteiger partial charge in [-0.3, -0.25) is 9.48 Å². The summed E-state index contributed by atoms with van der Waals surface area (Å²) in [5, 5.41) is 7.27. The first-order valence-corrected chi connectivity index (χ1v) is 11.9. The fraction of sp³-hybridized carbons (Fsp3) is 0.174. The van der Waals surface area contributed by atoms with Gasteiger partial charge in [0, 0.05) is 19.2 Å². The molecule has 0 spiro atoms. The number of pyridine rings is 1. The van der Waals surface area contributed by atoms with Crippen molar-refractivity contribution in [1.29, 1.82) is 0 Å². The summed E-state index contributed by atoms with van der Waals surface area (Å²) in [4.78, 5) is 17.7. The lowest BCUT2D eigenvalue weighted by molar-refractivity contribution is -0.137. The van der Waals surface area contributed by atoms with Crippen LogP contribution in [-0.4, -0.2) is 31.5 Å². The van der Waals surface area contributed by atoms with E-state index in [2.05, 4.69) is 15.4 Å². The van der Waals surface area contributed by atoms with Gasteiger partial charge in [-0.05, 0) is 48.0 Å². The lowest BCUT2D eigenvalue weighted by Gasteiger charge is -2.12. The van der Waals surface area contributed by atoms with Gasteiger partial charge in [-0.25, -0.2) is 4.98 Å². The summed E-state index contributed by atoms with van der Waals surface area (Å²) >= 11 is 0. The Balaban J connectivity index is 1.66. The molecular weight excluding hydrogens is 469 g/mol. The number of hydrogen-bond acceptors (Lipinski definition) is 5. The molecule has 4 aromatic rings. The number of fused-ring (bicyclic) bond motifs is 1. The highest BCUT2D eigenvalue weighted by Crippen LogP contribution is 2.30. The minimum Gasteiger partial charge on any atom is -0.610 e. The number of amides is 1. The number of carbonyl (C=O) groups is 1. The van der Waals surface area contributed by atoms with Gasteiger partial charge in [0.15, 0.2) is 10.5 Å². The minimum absolute atomic E-state index is 0.106. The third kappa shape index (κ3) is 4.85. The van der Waals surface area contributed by atoms with Gasteiger partial charge in [0.05, 0.1) is 38.6 Å². The van der Waals surface area contributed by atoms with Crippen LogP contribution in [0.5, 0.6) is 0 Å². The van der Waals surface area contributed by atoms with Gasteiger partial charge in [0.1, 0.15) is 6.26 Å². The van der Waals surface area contributed by atoms with Crippen LogP contribution in [0.4, 0.5) is 13.2 Å². The van der Waals surface area contributed by atoms with Crippen molar-refractivity contribution in [2.45, 2.75) is 17.6 Å². The van der Waals surface area contributed by atoms with Crippen LogP contribution in [0.15, 0.2) is 65.7 Å². The molecule has 11 heteroatoms. The second kappa shape index (κ2) is 8.65. The average Bonchev–Trinajstić information content (AvgIpc) is 3.16. The molecule has 0 aliphatic heterocycles. The molecule has 2 heterocycles. The Morgan fingerprint density at radius 2 is 1.85 bits per heavy atom. The highest BCUT2D eigenvalue weighted by molar-refractivity contribution is 7.97. The quantitative estimate of drug-likeness (QED) is 0.425. The topological polar surface area (TPSA) is 99.9 Å². The van der Waals surface area contributed by atoms with Crippen molar-refractivity contribution in [3.8, 4) is 11.3 Å². The zero-order valence-corrected chi connectivity index (χ0v) is 18.9. The van der Waals surface area contributed by atoms with Crippen molar-refractivity contribution in [3.05, 3.63) is 77.5 Å². The number of carbonyl (C=O) groups excluding carboxylic acids is 1. The van der Waals surface area contributed by atoms with E-state index in [0.717, 1.165) is 18.4 Å². The first kappa shape index (κ1) is 23.6. The number of nitrogens with one attached hydrogen (secondary N) is 1. The van der Waals surface area contributed by atoms with E-state index in [1.54, 1.807) is 25.2 Å². The molecule has 2 aromatic carbocycles. The Kier molecular flexibility index (Phi) is 6.00. The summed E-state index contributed by atoms with van der Waals surface area (Å²) in [7, 11) is -1.71. The molecule has 0 aliphatic rings. The summed E-state index contributed by atoms with van der Waals surface area (Å²) < 4.78 is 63.9. The summed E-state index contributed by atoms with van der Waals surface area (Å²) in [6, 6.07) is 12.4. The Bertz CT molecular complexity index is 1430. The Morgan fingerprint density at radius 1 is 1.15 bits per heavy atom. The van der Waals surface area contributed by atoms with Crippen LogP contribution < -0.4 is 5.32 Å². The fourth-order valence-electron chi connectivity index (χ4n) is 3.46. The Hall–Kier alpha value is -3.57. The number of rotatable bonds is 5. The van der Waals surface area contributed by atoms with Crippen LogP contribution in [0.25, 0.3) is 22.3 Å². The summed E-state index contributed by atoms with van der Waals surface area (Å²) in [6.45, 7) is -0.106. The maximum atomic E-state index is 13.0. The molecule has 0 saturated carbocycles. The molecule has 1 amide bonds. The molecule has 1 N–H and O–H groups in total. The van der Waals surface area contributed by atoms with Crippen LogP contribution in [0.2, 0.25) is 0 Å². The molecule has 7 nitrogen and oxygen atoms in total. The number of aromatic nitrogens is 3. The number of hydrogen-bond donors (Lipinski definition) is 1. The lowest BCUT2D eigenvalue weighted by Crippen LogP contribution is -2.23. The molecule has 4 rings (SSSR count). The number of alkyl halides is 3. The molecule has 2 aromatic heterocycles. The third-order valence-electron chi connectivity index (χ3n) is 5.24. The summed E-state index contributed by atoms with van der Waals surface area (Å²) in [5.74, 6) is -0.508. The van der Waals surface area contributed by atoms with E-state index in [4.69, 9.17) is 0 Å². The first-order valence-electron chi connectivity index (χ1n) is 10.0. The van der Waals surface area contributed by atoms with Crippen LogP contribution in [0, 0.1) is 0 Å². The molecule has 34 heavy (non-hydrogen) atoms. The maximum Gasteiger partial charge on any atom is 0.416 e. The number of benzene rings is 2. The summed E-state index contributed by atoms with van der Waals surface area (Å²) in [5.41, 5.74) is 1.18. The lowest BCUT2D eigenvalue weighted by atomic mass is 10.1. The van der Waals surface area contributed by atoms with Crippen LogP contribution in [-0.2, 0) is 34.2 Å². The third-order valence-corrected chi connectivity index (χ3v) is 6.36. The molecule has 0 radical (unpaired) electrons. The van der Waals surface area contributed by atoms with Crippen molar-refractivity contribution in [3.63, 3.8) is 0 Å². The van der Waals surface area contributed by atoms with E-state index in [1.807, 2.05) is 0 Å². The van der Waals surface area contributed by atoms with E-state index < -0.39 is 27.9 Å². The van der Waals surface area contributed by atoms with Gasteiger partial charge in [-0.15, -0.1) is 4.21 Å². The Morgan fingerprint density at radius 3 is 2.50 bits per heavy atom. The molecule has 1 atom stereocenters. The van der Waals surface area contributed by atoms with E-state index in [0.29, 0.717) is 27.9 Å². The van der Waals surface area contributed by atoms with Crippen molar-refractivity contribution in [2.24, 2.45) is 7.05 Å². The highest BCUT2D eigenvalue weighted by atomic mass is 32.3. The zero-order valence-electron chi connectivity index (χ0n) is 18.1. The van der Waals surface area contributed by atoms with Crippen LogP contribution in [0.3, 0.4) is 0 Å². The van der Waals surface area contributed by atoms with E-state index in [-0.39, 0.29) is 17.0 Å². The van der Waals surface area contributed by atoms with E-state index in [9.17, 15) is 26.7 Å². The van der Waals surface area contributed by atoms with Crippen molar-refractivity contribution in [2.75, 3.05) is 6.26 Å². The van der Waals surface area contributed by atoms with Crippen LogP contribution >= 0.6 is 0 Å². The van der Waals surface area contributed by atoms with Crippen molar-refractivity contribution < 1.29 is 26.7 Å². The summed E-state index contributed by atoms with van der Waals surface area (Å²) in [6.07, 6.45) is -1.89. The number of nitrogens with zero attached hydrogens (tertiary/aromatic N) is 3. The predicted molar refractivity (Wildman–Crippen MR) is 120 cm³/mol. The van der Waals surface area contributed by atoms with Gasteiger partial charge in [0.25, 0.3) is 5.91 Å². The normalized spacial score (nSPS) is 13.6. The molecule has 0 fully saturated rings.